The van der Waals surface area contributed by atoms with Crippen LogP contribution in [0.4, 0.5) is 8.78 Å². The van der Waals surface area contributed by atoms with Crippen molar-refractivity contribution in [3.63, 3.8) is 0 Å². The van der Waals surface area contributed by atoms with Gasteiger partial charge in [-0.2, -0.15) is 0 Å². The molecule has 4 unspecified atom stereocenters. The van der Waals surface area contributed by atoms with Crippen LogP contribution in [0, 0.1) is 23.5 Å². The molecular weight excluding hydrogens is 270 g/mol. The number of nitrogens with zero attached hydrogens (tertiary/aromatic N) is 1. The van der Waals surface area contributed by atoms with Gasteiger partial charge in [-0.05, 0) is 48.9 Å². The molecule has 3 saturated heterocycles. The predicted molar refractivity (Wildman–Crippen MR) is 79.8 cm³/mol. The van der Waals surface area contributed by atoms with Gasteiger partial charge in [-0.3, -0.25) is 4.90 Å². The molecule has 1 aromatic rings. The van der Waals surface area contributed by atoms with Crippen molar-refractivity contribution in [1.82, 2.24) is 10.2 Å². The van der Waals surface area contributed by atoms with Gasteiger partial charge >= 0.3 is 0 Å². The normalized spacial score (nSPS) is 31.3. The van der Waals surface area contributed by atoms with Crippen molar-refractivity contribution in [2.45, 2.75) is 25.4 Å². The van der Waals surface area contributed by atoms with Crippen molar-refractivity contribution >= 4 is 0 Å². The van der Waals surface area contributed by atoms with E-state index in [2.05, 4.69) is 22.9 Å². The van der Waals surface area contributed by atoms with E-state index in [0.29, 0.717) is 18.5 Å². The van der Waals surface area contributed by atoms with Gasteiger partial charge in [-0.15, -0.1) is 6.58 Å². The van der Waals surface area contributed by atoms with Gasteiger partial charge in [0.2, 0.25) is 0 Å². The van der Waals surface area contributed by atoms with E-state index in [1.54, 1.807) is 6.07 Å². The summed E-state index contributed by atoms with van der Waals surface area (Å²) in [5, 5.41) is 3.38. The maximum Gasteiger partial charge on any atom is 0.159 e. The van der Waals surface area contributed by atoms with Crippen LogP contribution in [0.1, 0.15) is 18.4 Å². The van der Waals surface area contributed by atoms with E-state index in [9.17, 15) is 8.78 Å². The lowest BCUT2D eigenvalue weighted by atomic mass is 9.75. The van der Waals surface area contributed by atoms with Gasteiger partial charge in [0.1, 0.15) is 0 Å². The van der Waals surface area contributed by atoms with E-state index in [4.69, 9.17) is 0 Å². The number of nitrogens with one attached hydrogen (secondary N) is 1. The maximum absolute atomic E-state index is 13.1. The number of halogens is 2. The summed E-state index contributed by atoms with van der Waals surface area (Å²) < 4.78 is 26.0. The van der Waals surface area contributed by atoms with E-state index >= 15 is 0 Å². The van der Waals surface area contributed by atoms with Crippen molar-refractivity contribution in [2.24, 2.45) is 11.8 Å². The van der Waals surface area contributed by atoms with Crippen LogP contribution in [0.3, 0.4) is 0 Å². The summed E-state index contributed by atoms with van der Waals surface area (Å²) in [7, 11) is 0. The van der Waals surface area contributed by atoms with Gasteiger partial charge < -0.3 is 5.32 Å². The van der Waals surface area contributed by atoms with Gasteiger partial charge in [-0.1, -0.05) is 12.1 Å². The molecule has 114 valence electrons. The second kappa shape index (κ2) is 6.24. The van der Waals surface area contributed by atoms with Crippen molar-refractivity contribution in [3.8, 4) is 0 Å². The molecule has 0 spiro atoms. The highest BCUT2D eigenvalue weighted by Crippen LogP contribution is 2.36. The third kappa shape index (κ3) is 3.16. The first-order chi connectivity index (χ1) is 10.2. The Hall–Kier alpha value is -1.26. The van der Waals surface area contributed by atoms with Crippen LogP contribution in [-0.4, -0.2) is 30.6 Å². The van der Waals surface area contributed by atoms with Crippen molar-refractivity contribution in [3.05, 3.63) is 48.1 Å². The fraction of sp³-hybridized carbons (Fsp3) is 0.529. The fourth-order valence-electron chi connectivity index (χ4n) is 3.69. The van der Waals surface area contributed by atoms with Gasteiger partial charge in [0.15, 0.2) is 11.6 Å². The largest absolute Gasteiger partial charge is 0.311 e. The molecule has 3 aliphatic rings. The number of hydrogen-bond donors (Lipinski definition) is 1. The molecule has 0 radical (unpaired) electrons. The average Bonchev–Trinajstić information content (AvgIpc) is 2.51. The first-order valence-electron chi connectivity index (χ1n) is 7.68. The third-order valence-electron chi connectivity index (χ3n) is 4.93. The molecular formula is C17H22F2N2. The summed E-state index contributed by atoms with van der Waals surface area (Å²) in [6.07, 6.45) is 4.58. The zero-order valence-electron chi connectivity index (χ0n) is 12.2. The molecule has 1 aromatic carbocycles. The molecule has 0 aliphatic carbocycles. The van der Waals surface area contributed by atoms with Crippen LogP contribution in [0.25, 0.3) is 0 Å². The SMILES string of the molecule is C=CC1CN2CCC1CC2CNCc1ccc(F)c(F)c1. The van der Waals surface area contributed by atoms with Crippen LogP contribution in [0.15, 0.2) is 30.9 Å². The molecule has 4 heteroatoms. The first kappa shape index (κ1) is 14.7. The quantitative estimate of drug-likeness (QED) is 0.839. The van der Waals surface area contributed by atoms with Crippen LogP contribution in [0.2, 0.25) is 0 Å². The molecule has 3 aliphatic heterocycles. The highest BCUT2D eigenvalue weighted by Gasteiger charge is 2.38. The highest BCUT2D eigenvalue weighted by molar-refractivity contribution is 5.17. The Labute approximate surface area is 124 Å². The van der Waals surface area contributed by atoms with Crippen LogP contribution < -0.4 is 5.32 Å². The minimum Gasteiger partial charge on any atom is -0.311 e. The van der Waals surface area contributed by atoms with E-state index < -0.39 is 11.6 Å². The number of rotatable bonds is 5. The number of piperidine rings is 3. The molecule has 4 atom stereocenters. The Morgan fingerprint density at radius 2 is 2.19 bits per heavy atom. The molecule has 2 bridgehead atoms. The lowest BCUT2D eigenvalue weighted by Gasteiger charge is -2.49. The van der Waals surface area contributed by atoms with Crippen LogP contribution >= 0.6 is 0 Å². The highest BCUT2D eigenvalue weighted by atomic mass is 19.2. The lowest BCUT2D eigenvalue weighted by molar-refractivity contribution is 0.0195. The summed E-state index contributed by atoms with van der Waals surface area (Å²) >= 11 is 0. The van der Waals surface area contributed by atoms with Crippen molar-refractivity contribution in [1.29, 1.82) is 0 Å². The minimum absolute atomic E-state index is 0.560. The standard InChI is InChI=1S/C17H22F2N2/c1-2-13-11-21-6-5-14(13)8-15(21)10-20-9-12-3-4-16(18)17(19)7-12/h2-4,7,13-15,20H,1,5-6,8-11H2. The molecule has 0 amide bonds. The summed E-state index contributed by atoms with van der Waals surface area (Å²) in [4.78, 5) is 2.53. The van der Waals surface area contributed by atoms with Gasteiger partial charge in [0.05, 0.1) is 0 Å². The minimum atomic E-state index is -0.787. The predicted octanol–water partition coefficient (Wildman–Crippen LogP) is 2.95. The van der Waals surface area contributed by atoms with E-state index in [1.165, 1.54) is 31.5 Å². The van der Waals surface area contributed by atoms with Gasteiger partial charge in [0.25, 0.3) is 0 Å². The summed E-state index contributed by atoms with van der Waals surface area (Å²) in [6.45, 7) is 7.71. The van der Waals surface area contributed by atoms with Crippen LogP contribution in [-0.2, 0) is 6.54 Å². The number of fused-ring (bicyclic) bond motifs is 3. The second-order valence-electron chi connectivity index (χ2n) is 6.21. The monoisotopic (exact) mass is 292 g/mol. The number of hydrogen-bond acceptors (Lipinski definition) is 2. The Morgan fingerprint density at radius 3 is 2.86 bits per heavy atom. The molecule has 0 saturated carbocycles. The summed E-state index contributed by atoms with van der Waals surface area (Å²) in [5.74, 6) is -0.155. The second-order valence-corrected chi connectivity index (χ2v) is 6.21. The van der Waals surface area contributed by atoms with E-state index in [-0.39, 0.29) is 0 Å². The van der Waals surface area contributed by atoms with Gasteiger partial charge in [-0.25, -0.2) is 8.78 Å². The topological polar surface area (TPSA) is 15.3 Å². The Balaban J connectivity index is 1.50. The third-order valence-corrected chi connectivity index (χ3v) is 4.93. The molecule has 21 heavy (non-hydrogen) atoms. The smallest absolute Gasteiger partial charge is 0.159 e. The molecule has 1 N–H and O–H groups in total. The first-order valence-corrected chi connectivity index (χ1v) is 7.68. The zero-order chi connectivity index (χ0) is 14.8. The summed E-state index contributed by atoms with van der Waals surface area (Å²) in [6, 6.07) is 4.65. The van der Waals surface area contributed by atoms with Crippen molar-refractivity contribution < 1.29 is 8.78 Å². The lowest BCUT2D eigenvalue weighted by Crippen LogP contribution is -2.55. The Kier molecular flexibility index (Phi) is 4.36. The van der Waals surface area contributed by atoms with E-state index in [0.717, 1.165) is 24.6 Å². The zero-order valence-corrected chi connectivity index (χ0v) is 12.2. The Morgan fingerprint density at radius 1 is 1.33 bits per heavy atom. The maximum atomic E-state index is 13.1. The van der Waals surface area contributed by atoms with Gasteiger partial charge in [0, 0.05) is 25.7 Å². The van der Waals surface area contributed by atoms with Crippen LogP contribution in [0.5, 0.6) is 0 Å². The molecule has 4 rings (SSSR count). The van der Waals surface area contributed by atoms with E-state index in [1.807, 2.05) is 0 Å². The Bertz CT molecular complexity index is 518. The molecule has 0 aromatic heterocycles. The molecule has 3 fully saturated rings. The van der Waals surface area contributed by atoms with Crippen molar-refractivity contribution in [2.75, 3.05) is 19.6 Å². The number of benzene rings is 1. The average molecular weight is 292 g/mol. The molecule has 3 heterocycles. The molecule has 2 nitrogen and oxygen atoms in total. The summed E-state index contributed by atoms with van der Waals surface area (Å²) in [5.41, 5.74) is 0.786. The fourth-order valence-corrected chi connectivity index (χ4v) is 3.69.